The lowest BCUT2D eigenvalue weighted by Gasteiger charge is -2.20. The molecular weight excluding hydrogens is 382 g/mol. The Kier molecular flexibility index (Phi) is 7.12. The summed E-state index contributed by atoms with van der Waals surface area (Å²) in [7, 11) is 0. The van der Waals surface area contributed by atoms with Crippen LogP contribution in [0.1, 0.15) is 35.3 Å². The van der Waals surface area contributed by atoms with Crippen molar-refractivity contribution in [3.8, 4) is 0 Å². The molecular formula is C23H27N3O2S. The molecule has 0 bridgehead atoms. The summed E-state index contributed by atoms with van der Waals surface area (Å²) in [5.74, 6) is -0.276. The maximum atomic E-state index is 12.5. The molecule has 0 spiro atoms. The van der Waals surface area contributed by atoms with Gasteiger partial charge < -0.3 is 15.5 Å². The molecule has 5 nitrogen and oxygen atoms in total. The van der Waals surface area contributed by atoms with Gasteiger partial charge in [0.05, 0.1) is 10.6 Å². The summed E-state index contributed by atoms with van der Waals surface area (Å²) in [6.45, 7) is 9.60. The third kappa shape index (κ3) is 5.49. The van der Waals surface area contributed by atoms with Crippen molar-refractivity contribution in [3.63, 3.8) is 0 Å². The molecule has 0 aliphatic carbocycles. The Morgan fingerprint density at radius 3 is 2.55 bits per heavy atom. The number of nitrogens with zero attached hydrogens (tertiary/aromatic N) is 1. The lowest BCUT2D eigenvalue weighted by Crippen LogP contribution is -2.34. The van der Waals surface area contributed by atoms with E-state index in [2.05, 4.69) is 29.4 Å². The molecule has 2 aromatic rings. The van der Waals surface area contributed by atoms with Gasteiger partial charge in [0.2, 0.25) is 0 Å². The van der Waals surface area contributed by atoms with Gasteiger partial charge in [0.1, 0.15) is 0 Å². The maximum Gasteiger partial charge on any atom is 0.262 e. The Morgan fingerprint density at radius 1 is 1.14 bits per heavy atom. The minimum atomic E-state index is -0.151. The van der Waals surface area contributed by atoms with Crippen molar-refractivity contribution in [3.05, 3.63) is 64.1 Å². The van der Waals surface area contributed by atoms with E-state index in [4.69, 9.17) is 0 Å². The molecule has 6 heteroatoms. The zero-order chi connectivity index (χ0) is 20.8. The van der Waals surface area contributed by atoms with Gasteiger partial charge in [-0.1, -0.05) is 55.4 Å². The van der Waals surface area contributed by atoms with Crippen LogP contribution in [0.15, 0.2) is 52.3 Å². The minimum Gasteiger partial charge on any atom is -0.351 e. The van der Waals surface area contributed by atoms with E-state index in [0.29, 0.717) is 22.7 Å². The van der Waals surface area contributed by atoms with Crippen molar-refractivity contribution >= 4 is 35.3 Å². The predicted octanol–water partition coefficient (Wildman–Crippen LogP) is 4.15. The molecule has 2 aromatic carbocycles. The first-order chi connectivity index (χ1) is 14.0. The summed E-state index contributed by atoms with van der Waals surface area (Å²) in [4.78, 5) is 28.8. The van der Waals surface area contributed by atoms with Gasteiger partial charge in [0.25, 0.3) is 11.8 Å². The normalized spacial score (nSPS) is 14.6. The Balaban J connectivity index is 1.68. The molecule has 0 saturated heterocycles. The smallest absolute Gasteiger partial charge is 0.262 e. The molecule has 0 fully saturated rings. The van der Waals surface area contributed by atoms with Crippen LogP contribution in [0.25, 0.3) is 6.08 Å². The van der Waals surface area contributed by atoms with E-state index in [1.165, 1.54) is 17.3 Å². The summed E-state index contributed by atoms with van der Waals surface area (Å²) >= 11 is 1.42. The molecule has 1 aliphatic rings. The second-order valence-corrected chi connectivity index (χ2v) is 8.05. The topological polar surface area (TPSA) is 61.4 Å². The number of hydrogen-bond donors (Lipinski definition) is 2. The first-order valence-corrected chi connectivity index (χ1v) is 10.7. The molecule has 0 atom stereocenters. The number of anilines is 1. The molecule has 0 unspecified atom stereocenters. The van der Waals surface area contributed by atoms with Crippen LogP contribution in [0.5, 0.6) is 0 Å². The Labute approximate surface area is 176 Å². The van der Waals surface area contributed by atoms with Gasteiger partial charge in [0, 0.05) is 23.5 Å². The van der Waals surface area contributed by atoms with E-state index in [-0.39, 0.29) is 11.8 Å². The van der Waals surface area contributed by atoms with Gasteiger partial charge in [-0.2, -0.15) is 0 Å². The van der Waals surface area contributed by atoms with Gasteiger partial charge in [0.15, 0.2) is 0 Å². The van der Waals surface area contributed by atoms with Crippen LogP contribution in [0.4, 0.5) is 5.69 Å². The molecule has 2 N–H and O–H groups in total. The van der Waals surface area contributed by atoms with Gasteiger partial charge in [-0.05, 0) is 49.9 Å². The Bertz CT molecular complexity index is 918. The molecule has 3 rings (SSSR count). The molecule has 1 aliphatic heterocycles. The molecule has 0 saturated carbocycles. The van der Waals surface area contributed by atoms with Crippen molar-refractivity contribution in [2.45, 2.75) is 25.7 Å². The summed E-state index contributed by atoms with van der Waals surface area (Å²) in [6, 6.07) is 13.5. The molecule has 152 valence electrons. The molecule has 29 heavy (non-hydrogen) atoms. The first-order valence-electron chi connectivity index (χ1n) is 9.92. The lowest BCUT2D eigenvalue weighted by molar-refractivity contribution is -0.112. The van der Waals surface area contributed by atoms with Crippen LogP contribution in [0.3, 0.4) is 0 Å². The molecule has 0 aromatic heterocycles. The van der Waals surface area contributed by atoms with Crippen LogP contribution in [-0.4, -0.2) is 42.9 Å². The van der Waals surface area contributed by atoms with E-state index in [1.807, 2.05) is 43.3 Å². The SMILES string of the molecule is CCN(CC)CCNC(=O)c1ccc2c(c1)NC(=O)/C(=C\c1ccc(C)cc1)S2. The number of benzene rings is 2. The highest BCUT2D eigenvalue weighted by Gasteiger charge is 2.22. The number of rotatable bonds is 7. The minimum absolute atomic E-state index is 0.125. The van der Waals surface area contributed by atoms with Crippen molar-refractivity contribution < 1.29 is 9.59 Å². The third-order valence-electron chi connectivity index (χ3n) is 4.92. The number of thioether (sulfide) groups is 1. The second kappa shape index (κ2) is 9.76. The fraction of sp³-hybridized carbons (Fsp3) is 0.304. The maximum absolute atomic E-state index is 12.5. The zero-order valence-corrected chi connectivity index (χ0v) is 17.9. The van der Waals surface area contributed by atoms with E-state index in [1.54, 1.807) is 12.1 Å². The first kappa shape index (κ1) is 21.1. The third-order valence-corrected chi connectivity index (χ3v) is 6.02. The fourth-order valence-electron chi connectivity index (χ4n) is 3.09. The number of carbonyl (C=O) groups is 2. The Morgan fingerprint density at radius 2 is 1.86 bits per heavy atom. The quantitative estimate of drug-likeness (QED) is 0.675. The number of aryl methyl sites for hydroxylation is 1. The van der Waals surface area contributed by atoms with Crippen LogP contribution in [0.2, 0.25) is 0 Å². The van der Waals surface area contributed by atoms with E-state index >= 15 is 0 Å². The monoisotopic (exact) mass is 409 g/mol. The number of amides is 2. The average molecular weight is 410 g/mol. The number of likely N-dealkylation sites (N-methyl/N-ethyl adjacent to an activating group) is 1. The van der Waals surface area contributed by atoms with Gasteiger partial charge in [-0.15, -0.1) is 0 Å². The number of hydrogen-bond acceptors (Lipinski definition) is 4. The molecule has 2 amide bonds. The highest BCUT2D eigenvalue weighted by molar-refractivity contribution is 8.04. The fourth-order valence-corrected chi connectivity index (χ4v) is 4.02. The van der Waals surface area contributed by atoms with E-state index in [0.717, 1.165) is 30.1 Å². The van der Waals surface area contributed by atoms with Gasteiger partial charge >= 0.3 is 0 Å². The van der Waals surface area contributed by atoms with Gasteiger partial charge in [-0.25, -0.2) is 0 Å². The van der Waals surface area contributed by atoms with Crippen molar-refractivity contribution in [2.24, 2.45) is 0 Å². The molecule has 1 heterocycles. The van der Waals surface area contributed by atoms with Crippen LogP contribution >= 0.6 is 11.8 Å². The highest BCUT2D eigenvalue weighted by atomic mass is 32.2. The average Bonchev–Trinajstić information content (AvgIpc) is 2.73. The van der Waals surface area contributed by atoms with Crippen LogP contribution in [-0.2, 0) is 4.79 Å². The molecule has 0 radical (unpaired) electrons. The number of fused-ring (bicyclic) bond motifs is 1. The summed E-state index contributed by atoms with van der Waals surface area (Å²) in [5.41, 5.74) is 3.40. The predicted molar refractivity (Wildman–Crippen MR) is 120 cm³/mol. The summed E-state index contributed by atoms with van der Waals surface area (Å²) < 4.78 is 0. The second-order valence-electron chi connectivity index (χ2n) is 6.97. The Hall–Kier alpha value is -2.57. The van der Waals surface area contributed by atoms with Crippen molar-refractivity contribution in [1.29, 1.82) is 0 Å². The number of carbonyl (C=O) groups excluding carboxylic acids is 2. The van der Waals surface area contributed by atoms with Crippen molar-refractivity contribution in [1.82, 2.24) is 10.2 Å². The van der Waals surface area contributed by atoms with Gasteiger partial charge in [-0.3, -0.25) is 9.59 Å². The highest BCUT2D eigenvalue weighted by Crippen LogP contribution is 2.39. The summed E-state index contributed by atoms with van der Waals surface area (Å²) in [5, 5.41) is 5.86. The summed E-state index contributed by atoms with van der Waals surface area (Å²) in [6.07, 6.45) is 1.89. The van der Waals surface area contributed by atoms with Crippen LogP contribution in [0, 0.1) is 6.92 Å². The van der Waals surface area contributed by atoms with Crippen LogP contribution < -0.4 is 10.6 Å². The van der Waals surface area contributed by atoms with E-state index in [9.17, 15) is 9.59 Å². The zero-order valence-electron chi connectivity index (χ0n) is 17.1. The lowest BCUT2D eigenvalue weighted by atomic mass is 10.1. The van der Waals surface area contributed by atoms with E-state index < -0.39 is 0 Å². The van der Waals surface area contributed by atoms with Crippen molar-refractivity contribution in [2.75, 3.05) is 31.5 Å². The number of nitrogens with one attached hydrogen (secondary N) is 2. The largest absolute Gasteiger partial charge is 0.351 e. The standard InChI is InChI=1S/C23H27N3O2S/c1-4-26(5-2)13-12-24-22(27)18-10-11-20-19(15-18)25-23(28)21(29-20)14-17-8-6-16(3)7-9-17/h6-11,14-15H,4-5,12-13H2,1-3H3,(H,24,27)(H,25,28)/b21-14+.